The fraction of sp³-hybridized carbons (Fsp3) is 0.0476. The first-order valence-corrected chi connectivity index (χ1v) is 8.68. The van der Waals surface area contributed by atoms with E-state index in [4.69, 9.17) is 15.1 Å². The highest BCUT2D eigenvalue weighted by Crippen LogP contribution is 2.35. The molecule has 0 unspecified atom stereocenters. The maximum atomic E-state index is 13.2. The summed E-state index contributed by atoms with van der Waals surface area (Å²) in [7, 11) is 0. The van der Waals surface area contributed by atoms with Crippen LogP contribution in [0.25, 0.3) is 28.3 Å². The molecule has 0 fully saturated rings. The summed E-state index contributed by atoms with van der Waals surface area (Å²) in [6.45, 7) is 0. The zero-order valence-corrected chi connectivity index (χ0v) is 14.6. The number of nitrogen functional groups attached to an aromatic ring is 1. The average Bonchev–Trinajstić information content (AvgIpc) is 3.34. The summed E-state index contributed by atoms with van der Waals surface area (Å²) in [6.07, 6.45) is 6.32. The minimum Gasteiger partial charge on any atom is -0.404 e. The lowest BCUT2D eigenvalue weighted by Gasteiger charge is -2.08. The van der Waals surface area contributed by atoms with Crippen molar-refractivity contribution < 1.29 is 8.81 Å². The molecule has 4 aromatic rings. The number of hydrogen-bond donors (Lipinski definition) is 1. The Kier molecular flexibility index (Phi) is 3.72. The van der Waals surface area contributed by atoms with E-state index in [1.807, 2.05) is 18.2 Å². The zero-order valence-electron chi connectivity index (χ0n) is 14.6. The first kappa shape index (κ1) is 16.3. The van der Waals surface area contributed by atoms with Crippen molar-refractivity contribution in [1.82, 2.24) is 20.2 Å². The third-order valence-corrected chi connectivity index (χ3v) is 4.66. The van der Waals surface area contributed by atoms with Gasteiger partial charge in [-0.05, 0) is 53.9 Å². The predicted octanol–water partition coefficient (Wildman–Crippen LogP) is 3.90. The topological polar surface area (TPSA) is 90.7 Å². The molecule has 136 valence electrons. The minimum absolute atomic E-state index is 0.0316. The fourth-order valence-corrected chi connectivity index (χ4v) is 3.31. The van der Waals surface area contributed by atoms with E-state index >= 15 is 0 Å². The highest BCUT2D eigenvalue weighted by molar-refractivity contribution is 5.85. The summed E-state index contributed by atoms with van der Waals surface area (Å²) in [6, 6.07) is 12.2. The van der Waals surface area contributed by atoms with Crippen LogP contribution < -0.4 is 5.73 Å². The number of aromatic nitrogens is 4. The van der Waals surface area contributed by atoms with Gasteiger partial charge in [-0.1, -0.05) is 17.2 Å². The summed E-state index contributed by atoms with van der Waals surface area (Å²) in [5, 5.41) is 7.66. The Morgan fingerprint density at radius 3 is 2.50 bits per heavy atom. The first-order chi connectivity index (χ1) is 13.7. The summed E-state index contributed by atoms with van der Waals surface area (Å²) in [4.78, 5) is 9.07. The maximum Gasteiger partial charge on any atom is 0.313 e. The molecular formula is C21H14FN5O. The molecule has 0 atom stereocenters. The smallest absolute Gasteiger partial charge is 0.313 e. The molecule has 0 spiro atoms. The van der Waals surface area contributed by atoms with Crippen LogP contribution in [0, 0.1) is 5.82 Å². The van der Waals surface area contributed by atoms with Gasteiger partial charge in [-0.25, -0.2) is 9.37 Å². The van der Waals surface area contributed by atoms with Crippen LogP contribution in [-0.4, -0.2) is 20.2 Å². The van der Waals surface area contributed by atoms with Gasteiger partial charge in [-0.3, -0.25) is 4.98 Å². The monoisotopic (exact) mass is 371 g/mol. The minimum atomic E-state index is -0.283. The van der Waals surface area contributed by atoms with Gasteiger partial charge in [0.2, 0.25) is 5.89 Å². The average molecular weight is 371 g/mol. The molecule has 2 heterocycles. The number of anilines is 1. The van der Waals surface area contributed by atoms with Crippen LogP contribution in [0.2, 0.25) is 0 Å². The summed E-state index contributed by atoms with van der Waals surface area (Å²) >= 11 is 0. The van der Waals surface area contributed by atoms with E-state index in [-0.39, 0.29) is 11.8 Å². The highest BCUT2D eigenvalue weighted by atomic mass is 19.1. The number of nitrogens with two attached hydrogens (primary N) is 1. The number of fused-ring (bicyclic) bond motifs is 1. The van der Waals surface area contributed by atoms with Crippen molar-refractivity contribution in [3.8, 4) is 22.7 Å². The van der Waals surface area contributed by atoms with Crippen molar-refractivity contribution in [3.63, 3.8) is 0 Å². The number of allylic oxidation sites excluding steroid dienone is 1. The maximum absolute atomic E-state index is 13.2. The second-order valence-corrected chi connectivity index (χ2v) is 6.44. The van der Waals surface area contributed by atoms with E-state index in [1.165, 1.54) is 17.7 Å². The molecule has 0 amide bonds. The van der Waals surface area contributed by atoms with Crippen LogP contribution in [0.15, 0.2) is 65.4 Å². The number of nitrogens with zero attached hydrogens (tertiary/aromatic N) is 4. The van der Waals surface area contributed by atoms with E-state index in [2.05, 4.69) is 21.3 Å². The van der Waals surface area contributed by atoms with Gasteiger partial charge in [0, 0.05) is 16.7 Å². The van der Waals surface area contributed by atoms with Crippen LogP contribution in [0.4, 0.5) is 10.4 Å². The Morgan fingerprint density at radius 2 is 1.71 bits per heavy atom. The van der Waals surface area contributed by atoms with Gasteiger partial charge >= 0.3 is 6.01 Å². The normalized spacial score (nSPS) is 12.7. The van der Waals surface area contributed by atoms with Crippen molar-refractivity contribution in [1.29, 1.82) is 0 Å². The third kappa shape index (κ3) is 2.83. The van der Waals surface area contributed by atoms with Crippen molar-refractivity contribution in [2.24, 2.45) is 0 Å². The van der Waals surface area contributed by atoms with Gasteiger partial charge < -0.3 is 10.2 Å². The van der Waals surface area contributed by atoms with Gasteiger partial charge in [0.15, 0.2) is 0 Å². The lowest BCUT2D eigenvalue weighted by molar-refractivity contribution is 0.590. The Hall–Kier alpha value is -3.87. The zero-order chi connectivity index (χ0) is 19.1. The van der Waals surface area contributed by atoms with Crippen molar-refractivity contribution in [3.05, 3.63) is 83.6 Å². The second-order valence-electron chi connectivity index (χ2n) is 6.44. The molecule has 1 aliphatic rings. The van der Waals surface area contributed by atoms with Crippen LogP contribution in [-0.2, 0) is 6.42 Å². The molecule has 0 aliphatic heterocycles. The standard InChI is InChI=1S/C21H14FN5O/c22-15-6-3-13(4-7-15)18-10-24-11-19(25-18)16-8-5-12-1-2-14(9-17(12)16)20-26-27-21(23)28-20/h1-4,6-11H,5H2,(H2,23,27). The lowest BCUT2D eigenvalue weighted by Crippen LogP contribution is -1.95. The van der Waals surface area contributed by atoms with Crippen LogP contribution in [0.3, 0.4) is 0 Å². The Morgan fingerprint density at radius 1 is 0.929 bits per heavy atom. The summed E-state index contributed by atoms with van der Waals surface area (Å²) in [5.74, 6) is 0.0900. The van der Waals surface area contributed by atoms with Crippen molar-refractivity contribution >= 4 is 11.6 Å². The number of halogens is 1. The molecule has 28 heavy (non-hydrogen) atoms. The van der Waals surface area contributed by atoms with Crippen LogP contribution >= 0.6 is 0 Å². The quantitative estimate of drug-likeness (QED) is 0.587. The molecule has 0 saturated heterocycles. The summed E-state index contributed by atoms with van der Waals surface area (Å²) < 4.78 is 18.5. The third-order valence-electron chi connectivity index (χ3n) is 4.66. The Labute approximate surface area is 159 Å². The second kappa shape index (κ2) is 6.38. The number of hydrogen-bond acceptors (Lipinski definition) is 6. The highest BCUT2D eigenvalue weighted by Gasteiger charge is 2.19. The van der Waals surface area contributed by atoms with Gasteiger partial charge in [0.05, 0.1) is 23.8 Å². The summed E-state index contributed by atoms with van der Waals surface area (Å²) in [5.41, 5.74) is 11.8. The SMILES string of the molecule is Nc1nnc(-c2ccc3c(c2)C(c2cncc(-c4ccc(F)cc4)n2)=CC3)o1. The molecule has 1 aliphatic carbocycles. The molecule has 2 aromatic carbocycles. The van der Waals surface area contributed by atoms with Gasteiger partial charge in [0.1, 0.15) is 5.82 Å². The molecule has 2 aromatic heterocycles. The van der Waals surface area contributed by atoms with E-state index in [0.717, 1.165) is 34.4 Å². The molecule has 2 N–H and O–H groups in total. The van der Waals surface area contributed by atoms with E-state index in [1.54, 1.807) is 24.5 Å². The van der Waals surface area contributed by atoms with Gasteiger partial charge in [-0.15, -0.1) is 5.10 Å². The van der Waals surface area contributed by atoms with E-state index in [0.29, 0.717) is 11.6 Å². The van der Waals surface area contributed by atoms with Gasteiger partial charge in [-0.2, -0.15) is 0 Å². The number of benzene rings is 2. The van der Waals surface area contributed by atoms with Crippen molar-refractivity contribution in [2.45, 2.75) is 6.42 Å². The van der Waals surface area contributed by atoms with Crippen LogP contribution in [0.5, 0.6) is 0 Å². The molecule has 6 nitrogen and oxygen atoms in total. The molecule has 0 saturated carbocycles. The molecule has 5 rings (SSSR count). The Bertz CT molecular complexity index is 1210. The number of rotatable bonds is 3. The van der Waals surface area contributed by atoms with Crippen molar-refractivity contribution in [2.75, 3.05) is 5.73 Å². The van der Waals surface area contributed by atoms with Crippen LogP contribution in [0.1, 0.15) is 16.8 Å². The largest absolute Gasteiger partial charge is 0.404 e. The molecule has 0 radical (unpaired) electrons. The lowest BCUT2D eigenvalue weighted by atomic mass is 10.0. The molecule has 0 bridgehead atoms. The first-order valence-electron chi connectivity index (χ1n) is 8.68. The Balaban J connectivity index is 1.54. The van der Waals surface area contributed by atoms with E-state index in [9.17, 15) is 4.39 Å². The molecular weight excluding hydrogens is 357 g/mol. The predicted molar refractivity (Wildman–Crippen MR) is 102 cm³/mol. The molecule has 7 heteroatoms. The van der Waals surface area contributed by atoms with E-state index < -0.39 is 0 Å². The van der Waals surface area contributed by atoms with Gasteiger partial charge in [0.25, 0.3) is 0 Å². The fourth-order valence-electron chi connectivity index (χ4n) is 3.31.